The first kappa shape index (κ1) is 17.9. The molecule has 1 heterocycles. The lowest BCUT2D eigenvalue weighted by Gasteiger charge is -2.18. The van der Waals surface area contributed by atoms with E-state index < -0.39 is 11.9 Å². The molecule has 0 spiro atoms. The molecule has 0 aliphatic heterocycles. The third-order valence-corrected chi connectivity index (χ3v) is 6.08. The molecule has 1 aromatic rings. The molecule has 2 aliphatic carbocycles. The molecule has 1 N–H and O–H groups in total. The highest BCUT2D eigenvalue weighted by molar-refractivity contribution is 7.17. The number of rotatable bonds is 5. The molecule has 1 aromatic heterocycles. The monoisotopic (exact) mass is 365 g/mol. The fraction of sp³-hybridized carbons (Fsp3) is 0.611. The van der Waals surface area contributed by atoms with Gasteiger partial charge in [0.1, 0.15) is 5.00 Å². The van der Waals surface area contributed by atoms with Crippen LogP contribution in [0.25, 0.3) is 0 Å². The molecule has 0 bridgehead atoms. The van der Waals surface area contributed by atoms with Crippen molar-refractivity contribution >= 4 is 34.2 Å². The third kappa shape index (κ3) is 3.86. The molecule has 0 radical (unpaired) electrons. The lowest BCUT2D eigenvalue weighted by molar-refractivity contribution is -0.148. The van der Waals surface area contributed by atoms with Crippen molar-refractivity contribution in [2.24, 2.45) is 17.8 Å². The van der Waals surface area contributed by atoms with Crippen LogP contribution in [-0.2, 0) is 31.9 Å². The normalized spacial score (nSPS) is 24.2. The molecule has 1 amide bonds. The quantitative estimate of drug-likeness (QED) is 0.812. The highest BCUT2D eigenvalue weighted by Crippen LogP contribution is 2.40. The first-order valence-electron chi connectivity index (χ1n) is 8.60. The molecule has 6 nitrogen and oxygen atoms in total. The van der Waals surface area contributed by atoms with Gasteiger partial charge in [0.2, 0.25) is 0 Å². The molecule has 1 saturated carbocycles. The second-order valence-corrected chi connectivity index (χ2v) is 8.13. The predicted molar refractivity (Wildman–Crippen MR) is 93.7 cm³/mol. The van der Waals surface area contributed by atoms with Crippen LogP contribution in [0, 0.1) is 17.8 Å². The van der Waals surface area contributed by atoms with Crippen molar-refractivity contribution in [3.63, 3.8) is 0 Å². The summed E-state index contributed by atoms with van der Waals surface area (Å²) in [4.78, 5) is 37.2. The molecule has 7 heteroatoms. The Labute approximate surface area is 150 Å². The van der Waals surface area contributed by atoms with Crippen LogP contribution < -0.4 is 5.32 Å². The number of ether oxygens (including phenoxy) is 2. The van der Waals surface area contributed by atoms with Crippen molar-refractivity contribution in [1.29, 1.82) is 0 Å². The van der Waals surface area contributed by atoms with Crippen LogP contribution in [0.3, 0.4) is 0 Å². The van der Waals surface area contributed by atoms with Crippen molar-refractivity contribution < 1.29 is 23.9 Å². The molecule has 0 aromatic carbocycles. The van der Waals surface area contributed by atoms with E-state index in [9.17, 15) is 14.4 Å². The average Bonchev–Trinajstić information content (AvgIpc) is 3.20. The molecular formula is C18H23NO5S. The zero-order valence-corrected chi connectivity index (χ0v) is 15.5. The van der Waals surface area contributed by atoms with E-state index in [4.69, 9.17) is 9.47 Å². The predicted octanol–water partition coefficient (Wildman–Crippen LogP) is 2.80. The fourth-order valence-electron chi connectivity index (χ4n) is 3.21. The number of methoxy groups -OCH3 is 1. The van der Waals surface area contributed by atoms with E-state index in [1.54, 1.807) is 0 Å². The van der Waals surface area contributed by atoms with Gasteiger partial charge in [0.05, 0.1) is 18.6 Å². The zero-order chi connectivity index (χ0) is 18.1. The van der Waals surface area contributed by atoms with Gasteiger partial charge in [-0.2, -0.15) is 0 Å². The van der Waals surface area contributed by atoms with Crippen LogP contribution in [0.5, 0.6) is 0 Å². The molecule has 3 atom stereocenters. The summed E-state index contributed by atoms with van der Waals surface area (Å²) in [6.07, 6.45) is 3.54. The highest BCUT2D eigenvalue weighted by atomic mass is 32.1. The second kappa shape index (κ2) is 7.15. The van der Waals surface area contributed by atoms with Gasteiger partial charge in [-0.1, -0.05) is 13.8 Å². The summed E-state index contributed by atoms with van der Waals surface area (Å²) in [6, 6.07) is 0. The number of thiophene rings is 1. The molecule has 1 fully saturated rings. The molecule has 25 heavy (non-hydrogen) atoms. The van der Waals surface area contributed by atoms with Crippen molar-refractivity contribution in [2.75, 3.05) is 19.0 Å². The van der Waals surface area contributed by atoms with Gasteiger partial charge in [0.25, 0.3) is 5.91 Å². The lowest BCUT2D eigenvalue weighted by atomic mass is 9.88. The summed E-state index contributed by atoms with van der Waals surface area (Å²) in [5.41, 5.74) is 1.43. The van der Waals surface area contributed by atoms with Crippen LogP contribution in [0.4, 0.5) is 5.00 Å². The van der Waals surface area contributed by atoms with E-state index >= 15 is 0 Å². The Morgan fingerprint density at radius 2 is 2.00 bits per heavy atom. The highest BCUT2D eigenvalue weighted by Gasteiger charge is 2.40. The Morgan fingerprint density at radius 3 is 2.64 bits per heavy atom. The van der Waals surface area contributed by atoms with Crippen LogP contribution in [-0.4, -0.2) is 31.6 Å². The number of hydrogen-bond acceptors (Lipinski definition) is 6. The number of esters is 2. The van der Waals surface area contributed by atoms with E-state index in [0.717, 1.165) is 36.1 Å². The van der Waals surface area contributed by atoms with Crippen LogP contribution in [0.2, 0.25) is 0 Å². The topological polar surface area (TPSA) is 81.7 Å². The van der Waals surface area contributed by atoms with Gasteiger partial charge in [-0.3, -0.25) is 9.59 Å². The molecule has 2 aliphatic rings. The number of carbonyl (C=O) groups excluding carboxylic acids is 3. The summed E-state index contributed by atoms with van der Waals surface area (Å²) in [5.74, 6) is -0.372. The van der Waals surface area contributed by atoms with Gasteiger partial charge in [0.15, 0.2) is 6.61 Å². The average molecular weight is 365 g/mol. The van der Waals surface area contributed by atoms with Gasteiger partial charge in [-0.15, -0.1) is 11.3 Å². The van der Waals surface area contributed by atoms with Gasteiger partial charge in [-0.05, 0) is 43.1 Å². The summed E-state index contributed by atoms with van der Waals surface area (Å²) in [5, 5.41) is 3.22. The number of carbonyl (C=O) groups is 3. The number of anilines is 1. The maximum atomic E-state index is 12.2. The van der Waals surface area contributed by atoms with Gasteiger partial charge < -0.3 is 14.8 Å². The number of amides is 1. The zero-order valence-electron chi connectivity index (χ0n) is 14.7. The minimum absolute atomic E-state index is 0.0750. The van der Waals surface area contributed by atoms with Gasteiger partial charge in [-0.25, -0.2) is 4.79 Å². The largest absolute Gasteiger partial charge is 0.465 e. The van der Waals surface area contributed by atoms with Crippen LogP contribution in [0.15, 0.2) is 0 Å². The van der Waals surface area contributed by atoms with Crippen LogP contribution in [0.1, 0.15) is 47.5 Å². The SMILES string of the molecule is COC(=O)c1c(NC(=O)COC(=O)[C@@H]2C[C@@H]2C)sc2c1CC[C@H](C)C2. The molecule has 3 rings (SSSR count). The number of nitrogens with one attached hydrogen (secondary N) is 1. The number of hydrogen-bond donors (Lipinski definition) is 1. The summed E-state index contributed by atoms with van der Waals surface area (Å²) >= 11 is 1.42. The van der Waals surface area contributed by atoms with E-state index in [1.165, 1.54) is 18.4 Å². The Hall–Kier alpha value is -1.89. The summed E-state index contributed by atoms with van der Waals surface area (Å²) in [7, 11) is 1.34. The van der Waals surface area contributed by atoms with Crippen molar-refractivity contribution in [2.45, 2.75) is 39.5 Å². The standard InChI is InChI=1S/C18H23NO5S/c1-9-4-5-11-13(6-9)25-16(15(11)18(22)23-3)19-14(20)8-24-17(21)12-7-10(12)2/h9-10,12H,4-8H2,1-3H3,(H,19,20)/t9-,10-,12+/m0/s1. The lowest BCUT2D eigenvalue weighted by Crippen LogP contribution is -2.22. The molecule has 0 saturated heterocycles. The molecule has 0 unspecified atom stereocenters. The maximum Gasteiger partial charge on any atom is 0.341 e. The summed E-state index contributed by atoms with van der Waals surface area (Å²) in [6.45, 7) is 3.82. The van der Waals surface area contributed by atoms with E-state index in [0.29, 0.717) is 22.4 Å². The second-order valence-electron chi connectivity index (χ2n) is 7.02. The van der Waals surface area contributed by atoms with Crippen molar-refractivity contribution in [3.8, 4) is 0 Å². The van der Waals surface area contributed by atoms with Gasteiger partial charge in [0, 0.05) is 4.88 Å². The van der Waals surface area contributed by atoms with Crippen LogP contribution >= 0.6 is 11.3 Å². The first-order valence-corrected chi connectivity index (χ1v) is 9.41. The van der Waals surface area contributed by atoms with E-state index in [1.807, 2.05) is 6.92 Å². The minimum atomic E-state index is -0.439. The van der Waals surface area contributed by atoms with Crippen molar-refractivity contribution in [3.05, 3.63) is 16.0 Å². The van der Waals surface area contributed by atoms with Gasteiger partial charge >= 0.3 is 11.9 Å². The molecule has 136 valence electrons. The Morgan fingerprint density at radius 1 is 1.28 bits per heavy atom. The fourth-order valence-corrected chi connectivity index (χ4v) is 4.63. The Kier molecular flexibility index (Phi) is 5.13. The Bertz CT molecular complexity index is 711. The maximum absolute atomic E-state index is 12.2. The smallest absolute Gasteiger partial charge is 0.341 e. The van der Waals surface area contributed by atoms with Crippen molar-refractivity contribution in [1.82, 2.24) is 0 Å². The number of fused-ring (bicyclic) bond motifs is 1. The van der Waals surface area contributed by atoms with E-state index in [-0.39, 0.29) is 18.5 Å². The Balaban J connectivity index is 1.69. The first-order chi connectivity index (χ1) is 11.9. The van der Waals surface area contributed by atoms with E-state index in [2.05, 4.69) is 12.2 Å². The molecular weight excluding hydrogens is 342 g/mol. The summed E-state index contributed by atoms with van der Waals surface area (Å²) < 4.78 is 9.94. The minimum Gasteiger partial charge on any atom is -0.465 e. The third-order valence-electron chi connectivity index (χ3n) is 4.91.